The maximum Gasteiger partial charge on any atom is 0.158 e. The molecular weight excluding hydrogens is 328 g/mol. The summed E-state index contributed by atoms with van der Waals surface area (Å²) in [6, 6.07) is 0. The van der Waals surface area contributed by atoms with Gasteiger partial charge in [0.15, 0.2) is 6.29 Å². The fourth-order valence-electron chi connectivity index (χ4n) is 3.78. The van der Waals surface area contributed by atoms with Crippen LogP contribution in [0, 0.1) is 5.92 Å². The molecule has 0 aromatic rings. The van der Waals surface area contributed by atoms with E-state index in [4.69, 9.17) is 33.2 Å². The average Bonchev–Trinajstić information content (AvgIpc) is 2.60. The van der Waals surface area contributed by atoms with Gasteiger partial charge in [-0.1, -0.05) is 6.92 Å². The lowest BCUT2D eigenvalue weighted by Crippen LogP contribution is -2.61. The van der Waals surface area contributed by atoms with E-state index in [1.807, 2.05) is 6.92 Å². The van der Waals surface area contributed by atoms with Crippen molar-refractivity contribution in [3.63, 3.8) is 0 Å². The third-order valence-electron chi connectivity index (χ3n) is 5.20. The molecule has 0 spiro atoms. The van der Waals surface area contributed by atoms with Gasteiger partial charge in [0.1, 0.15) is 24.4 Å². The van der Waals surface area contributed by atoms with Gasteiger partial charge in [0.05, 0.1) is 25.4 Å². The van der Waals surface area contributed by atoms with E-state index in [-0.39, 0.29) is 42.9 Å². The zero-order valence-corrected chi connectivity index (χ0v) is 16.3. The molecule has 8 unspecified atom stereocenters. The molecule has 8 atom stereocenters. The summed E-state index contributed by atoms with van der Waals surface area (Å²) in [5.74, 6) is 0.446. The molecule has 2 heterocycles. The van der Waals surface area contributed by atoms with Crippen molar-refractivity contribution in [1.29, 1.82) is 0 Å². The van der Waals surface area contributed by atoms with E-state index in [9.17, 15) is 0 Å². The summed E-state index contributed by atoms with van der Waals surface area (Å²) in [5.41, 5.74) is 0. The van der Waals surface area contributed by atoms with Gasteiger partial charge < -0.3 is 33.2 Å². The van der Waals surface area contributed by atoms with Gasteiger partial charge in [-0.3, -0.25) is 0 Å². The number of rotatable bonds is 8. The van der Waals surface area contributed by atoms with Crippen molar-refractivity contribution in [2.45, 2.75) is 69.6 Å². The lowest BCUT2D eigenvalue weighted by atomic mass is 9.94. The number of methoxy groups -OCH3 is 4. The molecule has 0 aromatic heterocycles. The number of hydrogen-bond acceptors (Lipinski definition) is 7. The first-order valence-electron chi connectivity index (χ1n) is 9.05. The Labute approximate surface area is 151 Å². The van der Waals surface area contributed by atoms with Crippen LogP contribution in [0.1, 0.15) is 26.7 Å². The molecule has 2 aliphatic heterocycles. The van der Waals surface area contributed by atoms with Gasteiger partial charge in [-0.15, -0.1) is 0 Å². The van der Waals surface area contributed by atoms with Gasteiger partial charge in [0.2, 0.25) is 0 Å². The summed E-state index contributed by atoms with van der Waals surface area (Å²) < 4.78 is 40.4. The fraction of sp³-hybridized carbons (Fsp3) is 1.00. The van der Waals surface area contributed by atoms with Crippen molar-refractivity contribution in [2.75, 3.05) is 41.7 Å². The van der Waals surface area contributed by atoms with Gasteiger partial charge in [0.25, 0.3) is 0 Å². The normalized spacial score (nSPS) is 42.5. The largest absolute Gasteiger partial charge is 0.382 e. The van der Waals surface area contributed by atoms with E-state index in [2.05, 4.69) is 6.92 Å². The van der Waals surface area contributed by atoms with Crippen molar-refractivity contribution in [2.24, 2.45) is 5.92 Å². The average molecular weight is 362 g/mol. The highest BCUT2D eigenvalue weighted by Gasteiger charge is 2.47. The van der Waals surface area contributed by atoms with E-state index in [0.717, 1.165) is 12.8 Å². The lowest BCUT2D eigenvalue weighted by Gasteiger charge is -2.46. The molecule has 2 aliphatic rings. The molecule has 148 valence electrons. The van der Waals surface area contributed by atoms with E-state index >= 15 is 0 Å². The van der Waals surface area contributed by atoms with E-state index in [0.29, 0.717) is 19.1 Å². The smallest absolute Gasteiger partial charge is 0.158 e. The maximum absolute atomic E-state index is 6.32. The Kier molecular flexibility index (Phi) is 8.54. The SMILES string of the molecule is COCC1OC(OC2C(COC)OC(C)C(OC)C2OC)CCC1C. The van der Waals surface area contributed by atoms with Crippen LogP contribution in [-0.2, 0) is 33.2 Å². The summed E-state index contributed by atoms with van der Waals surface area (Å²) in [4.78, 5) is 0. The zero-order chi connectivity index (χ0) is 18.4. The first-order valence-corrected chi connectivity index (χ1v) is 9.05. The van der Waals surface area contributed by atoms with Crippen LogP contribution in [0.5, 0.6) is 0 Å². The van der Waals surface area contributed by atoms with Gasteiger partial charge in [-0.05, 0) is 25.7 Å². The molecule has 0 saturated carbocycles. The van der Waals surface area contributed by atoms with Crippen molar-refractivity contribution in [3.8, 4) is 0 Å². The summed E-state index contributed by atoms with van der Waals surface area (Å²) in [6.45, 7) is 5.15. The third-order valence-corrected chi connectivity index (χ3v) is 5.20. The monoisotopic (exact) mass is 362 g/mol. The molecule has 2 rings (SSSR count). The minimum Gasteiger partial charge on any atom is -0.382 e. The summed E-state index contributed by atoms with van der Waals surface area (Å²) >= 11 is 0. The Morgan fingerprint density at radius 3 is 2.00 bits per heavy atom. The van der Waals surface area contributed by atoms with Crippen molar-refractivity contribution >= 4 is 0 Å². The molecule has 0 aromatic carbocycles. The first-order chi connectivity index (χ1) is 12.0. The molecule has 25 heavy (non-hydrogen) atoms. The molecule has 0 bridgehead atoms. The predicted octanol–water partition coefficient (Wildman–Crippen LogP) is 1.62. The molecule has 2 fully saturated rings. The van der Waals surface area contributed by atoms with E-state index in [1.54, 1.807) is 28.4 Å². The molecule has 0 aliphatic carbocycles. The zero-order valence-electron chi connectivity index (χ0n) is 16.3. The molecule has 7 nitrogen and oxygen atoms in total. The van der Waals surface area contributed by atoms with Crippen LogP contribution in [-0.4, -0.2) is 84.6 Å². The standard InChI is InChI=1S/C18H34O7/c1-11-7-8-15(24-13(11)9-19-3)25-17-14(10-20-4)23-12(2)16(21-5)18(17)22-6/h11-18H,7-10H2,1-6H3. The Hall–Kier alpha value is -0.280. The van der Waals surface area contributed by atoms with Crippen molar-refractivity contribution in [3.05, 3.63) is 0 Å². The molecule has 0 N–H and O–H groups in total. The van der Waals surface area contributed by atoms with Gasteiger partial charge >= 0.3 is 0 Å². The van der Waals surface area contributed by atoms with Crippen LogP contribution in [0.25, 0.3) is 0 Å². The van der Waals surface area contributed by atoms with Crippen LogP contribution in [0.4, 0.5) is 0 Å². The number of hydrogen-bond donors (Lipinski definition) is 0. The second-order valence-corrected chi connectivity index (χ2v) is 6.95. The Bertz CT molecular complexity index is 380. The van der Waals surface area contributed by atoms with Crippen molar-refractivity contribution in [1.82, 2.24) is 0 Å². The van der Waals surface area contributed by atoms with Gasteiger partial charge in [-0.25, -0.2) is 0 Å². The Morgan fingerprint density at radius 2 is 1.40 bits per heavy atom. The van der Waals surface area contributed by atoms with Crippen LogP contribution >= 0.6 is 0 Å². The minimum atomic E-state index is -0.326. The molecule has 2 saturated heterocycles. The lowest BCUT2D eigenvalue weighted by molar-refractivity contribution is -0.305. The topological polar surface area (TPSA) is 64.6 Å². The molecule has 0 amide bonds. The van der Waals surface area contributed by atoms with E-state index in [1.165, 1.54) is 0 Å². The van der Waals surface area contributed by atoms with Gasteiger partial charge in [0, 0.05) is 28.4 Å². The summed E-state index contributed by atoms with van der Waals surface area (Å²) in [7, 11) is 6.68. The maximum atomic E-state index is 6.32. The van der Waals surface area contributed by atoms with E-state index < -0.39 is 0 Å². The van der Waals surface area contributed by atoms with Crippen LogP contribution in [0.2, 0.25) is 0 Å². The summed E-state index contributed by atoms with van der Waals surface area (Å²) in [5, 5.41) is 0. The van der Waals surface area contributed by atoms with Crippen LogP contribution in [0.3, 0.4) is 0 Å². The fourth-order valence-corrected chi connectivity index (χ4v) is 3.78. The second-order valence-electron chi connectivity index (χ2n) is 6.95. The minimum absolute atomic E-state index is 0.0345. The highest BCUT2D eigenvalue weighted by atomic mass is 16.7. The van der Waals surface area contributed by atoms with Crippen molar-refractivity contribution < 1.29 is 33.2 Å². The predicted molar refractivity (Wildman–Crippen MR) is 91.6 cm³/mol. The third kappa shape index (κ3) is 5.13. The van der Waals surface area contributed by atoms with Crippen LogP contribution in [0.15, 0.2) is 0 Å². The first kappa shape index (κ1) is 21.0. The molecule has 0 radical (unpaired) electrons. The second kappa shape index (κ2) is 10.2. The summed E-state index contributed by atoms with van der Waals surface area (Å²) in [6.07, 6.45) is 0.458. The van der Waals surface area contributed by atoms with Gasteiger partial charge in [-0.2, -0.15) is 0 Å². The quantitative estimate of drug-likeness (QED) is 0.650. The Balaban J connectivity index is 2.08. The number of ether oxygens (including phenoxy) is 7. The highest BCUT2D eigenvalue weighted by Crippen LogP contribution is 2.32. The highest BCUT2D eigenvalue weighted by molar-refractivity contribution is 4.94. The molecule has 7 heteroatoms. The van der Waals surface area contributed by atoms with Crippen LogP contribution < -0.4 is 0 Å². The Morgan fingerprint density at radius 1 is 0.760 bits per heavy atom. The molecular formula is C18H34O7.